The fraction of sp³-hybridized carbons (Fsp3) is 0.500. The summed E-state index contributed by atoms with van der Waals surface area (Å²) in [5.41, 5.74) is 13.7. The van der Waals surface area contributed by atoms with Gasteiger partial charge in [0.1, 0.15) is 17.5 Å². The molecule has 0 saturated carbocycles. The second-order valence-corrected chi connectivity index (χ2v) is 8.46. The Hall–Kier alpha value is -1.25. The standard InChI is InChI=1S/C18H25ClN6S/c19-13-5-4-6-14(11-13)25-12-22-17-15(16(25)20)26-18(21)24(17)10-9-23-7-2-1-3-8-23/h4-6,11-12,16,18H,1-3,7-10,20-21H2. The molecule has 1 fully saturated rings. The van der Waals surface area contributed by atoms with Gasteiger partial charge in [0.15, 0.2) is 0 Å². The number of likely N-dealkylation sites (tertiary alicyclic amines) is 1. The van der Waals surface area contributed by atoms with E-state index in [9.17, 15) is 0 Å². The van der Waals surface area contributed by atoms with Gasteiger partial charge in [0.05, 0.1) is 11.2 Å². The van der Waals surface area contributed by atoms with Gasteiger partial charge in [-0.25, -0.2) is 4.99 Å². The van der Waals surface area contributed by atoms with Gasteiger partial charge in [-0.1, -0.05) is 35.9 Å². The maximum atomic E-state index is 6.53. The number of thioether (sulfide) groups is 1. The van der Waals surface area contributed by atoms with Crippen LogP contribution in [0.15, 0.2) is 40.0 Å². The highest BCUT2D eigenvalue weighted by molar-refractivity contribution is 8.03. The van der Waals surface area contributed by atoms with Crippen molar-refractivity contribution in [2.24, 2.45) is 16.5 Å². The van der Waals surface area contributed by atoms with Gasteiger partial charge in [-0.05, 0) is 44.1 Å². The summed E-state index contributed by atoms with van der Waals surface area (Å²) in [5, 5.41) is 0.682. The maximum absolute atomic E-state index is 6.53. The minimum Gasteiger partial charge on any atom is -0.330 e. The molecule has 26 heavy (non-hydrogen) atoms. The molecule has 0 amide bonds. The molecule has 0 aliphatic carbocycles. The molecule has 2 atom stereocenters. The summed E-state index contributed by atoms with van der Waals surface area (Å²) >= 11 is 7.73. The van der Waals surface area contributed by atoms with Crippen LogP contribution in [0.2, 0.25) is 5.02 Å². The molecule has 0 spiro atoms. The minimum absolute atomic E-state index is 0.132. The highest BCUT2D eigenvalue weighted by Crippen LogP contribution is 2.41. The molecule has 4 N–H and O–H groups in total. The lowest BCUT2D eigenvalue weighted by Crippen LogP contribution is -2.45. The maximum Gasteiger partial charge on any atom is 0.145 e. The number of rotatable bonds is 4. The van der Waals surface area contributed by atoms with Crippen LogP contribution in [0.5, 0.6) is 0 Å². The molecule has 8 heteroatoms. The van der Waals surface area contributed by atoms with E-state index in [1.165, 1.54) is 32.4 Å². The van der Waals surface area contributed by atoms with Crippen molar-refractivity contribution in [3.05, 3.63) is 40.0 Å². The van der Waals surface area contributed by atoms with Crippen LogP contribution in [-0.2, 0) is 0 Å². The number of halogens is 1. The molecule has 2 unspecified atom stereocenters. The number of hydrogen-bond donors (Lipinski definition) is 2. The quantitative estimate of drug-likeness (QED) is 0.819. The molecule has 0 radical (unpaired) electrons. The zero-order valence-electron chi connectivity index (χ0n) is 14.7. The summed E-state index contributed by atoms with van der Waals surface area (Å²) < 4.78 is 0. The molecule has 6 nitrogen and oxygen atoms in total. The third-order valence-electron chi connectivity index (χ3n) is 5.13. The van der Waals surface area contributed by atoms with E-state index in [0.29, 0.717) is 5.02 Å². The molecule has 3 aliphatic rings. The Balaban J connectivity index is 1.47. The van der Waals surface area contributed by atoms with Gasteiger partial charge < -0.3 is 26.2 Å². The van der Waals surface area contributed by atoms with Crippen molar-refractivity contribution in [1.29, 1.82) is 0 Å². The predicted molar refractivity (Wildman–Crippen MR) is 110 cm³/mol. The van der Waals surface area contributed by atoms with Gasteiger partial charge in [-0.15, -0.1) is 0 Å². The normalized spacial score (nSPS) is 26.6. The van der Waals surface area contributed by atoms with Crippen molar-refractivity contribution in [2.45, 2.75) is 30.9 Å². The van der Waals surface area contributed by atoms with Crippen LogP contribution < -0.4 is 16.4 Å². The SMILES string of the molecule is NC1SC2=C(N=CN(c3cccc(Cl)c3)C2N)N1CCN1CCCCC1. The van der Waals surface area contributed by atoms with Gasteiger partial charge in [0, 0.05) is 23.8 Å². The third kappa shape index (κ3) is 3.59. The Bertz CT molecular complexity index is 717. The summed E-state index contributed by atoms with van der Waals surface area (Å²) in [6.45, 7) is 4.28. The Labute approximate surface area is 163 Å². The fourth-order valence-electron chi connectivity index (χ4n) is 3.69. The second kappa shape index (κ2) is 7.78. The van der Waals surface area contributed by atoms with E-state index in [1.54, 1.807) is 18.1 Å². The van der Waals surface area contributed by atoms with Crippen molar-refractivity contribution in [3.63, 3.8) is 0 Å². The Morgan fingerprint density at radius 2 is 1.96 bits per heavy atom. The van der Waals surface area contributed by atoms with E-state index in [2.05, 4.69) is 14.8 Å². The first-order valence-electron chi connectivity index (χ1n) is 9.12. The monoisotopic (exact) mass is 392 g/mol. The number of anilines is 1. The molecule has 1 saturated heterocycles. The summed E-state index contributed by atoms with van der Waals surface area (Å²) in [6, 6.07) is 7.65. The van der Waals surface area contributed by atoms with E-state index in [4.69, 9.17) is 23.1 Å². The van der Waals surface area contributed by atoms with E-state index in [0.717, 1.165) is 29.5 Å². The number of hydrogen-bond acceptors (Lipinski definition) is 7. The molecule has 3 aliphatic heterocycles. The number of piperidine rings is 1. The lowest BCUT2D eigenvalue weighted by molar-refractivity contribution is 0.196. The largest absolute Gasteiger partial charge is 0.330 e. The highest BCUT2D eigenvalue weighted by atomic mass is 35.5. The van der Waals surface area contributed by atoms with Gasteiger partial charge in [-0.2, -0.15) is 0 Å². The first kappa shape index (κ1) is 18.1. The summed E-state index contributed by atoms with van der Waals surface area (Å²) in [6.07, 6.45) is 5.45. The Morgan fingerprint density at radius 3 is 2.73 bits per heavy atom. The first-order valence-corrected chi connectivity index (χ1v) is 10.4. The smallest absolute Gasteiger partial charge is 0.145 e. The molecule has 3 heterocycles. The number of nitrogens with zero attached hydrogens (tertiary/aromatic N) is 4. The fourth-order valence-corrected chi connectivity index (χ4v) is 5.00. The molecular weight excluding hydrogens is 368 g/mol. The number of benzene rings is 1. The van der Waals surface area contributed by atoms with Gasteiger partial charge in [0.25, 0.3) is 0 Å². The second-order valence-electron chi connectivity index (χ2n) is 6.87. The summed E-state index contributed by atoms with van der Waals surface area (Å²) in [5.74, 6) is 0.922. The van der Waals surface area contributed by atoms with E-state index >= 15 is 0 Å². The minimum atomic E-state index is -0.294. The lowest BCUT2D eigenvalue weighted by atomic mass is 10.1. The average Bonchev–Trinajstić information content (AvgIpc) is 2.97. The van der Waals surface area contributed by atoms with E-state index in [-0.39, 0.29) is 11.7 Å². The van der Waals surface area contributed by atoms with Crippen LogP contribution in [0.1, 0.15) is 19.3 Å². The van der Waals surface area contributed by atoms with Gasteiger partial charge in [-0.3, -0.25) is 0 Å². The van der Waals surface area contributed by atoms with Crippen molar-refractivity contribution in [2.75, 3.05) is 31.1 Å². The Kier molecular flexibility index (Phi) is 5.42. The van der Waals surface area contributed by atoms with Gasteiger partial charge >= 0.3 is 0 Å². The van der Waals surface area contributed by atoms with E-state index < -0.39 is 0 Å². The van der Waals surface area contributed by atoms with Crippen LogP contribution in [0.25, 0.3) is 0 Å². The average molecular weight is 393 g/mol. The van der Waals surface area contributed by atoms with Crippen molar-refractivity contribution < 1.29 is 0 Å². The van der Waals surface area contributed by atoms with Crippen LogP contribution in [-0.4, -0.2) is 54.0 Å². The van der Waals surface area contributed by atoms with Gasteiger partial charge in [0.2, 0.25) is 0 Å². The van der Waals surface area contributed by atoms with Crippen LogP contribution >= 0.6 is 23.4 Å². The molecular formula is C18H25ClN6S. The van der Waals surface area contributed by atoms with Crippen molar-refractivity contribution in [1.82, 2.24) is 9.80 Å². The summed E-state index contributed by atoms with van der Waals surface area (Å²) in [7, 11) is 0. The Morgan fingerprint density at radius 1 is 1.15 bits per heavy atom. The third-order valence-corrected chi connectivity index (χ3v) is 6.54. The number of aliphatic imine (C=N–C) groups is 1. The predicted octanol–water partition coefficient (Wildman–Crippen LogP) is 2.42. The number of nitrogens with two attached hydrogens (primary N) is 2. The van der Waals surface area contributed by atoms with Crippen molar-refractivity contribution in [3.8, 4) is 0 Å². The van der Waals surface area contributed by atoms with Crippen molar-refractivity contribution >= 4 is 35.4 Å². The molecule has 1 aromatic rings. The lowest BCUT2D eigenvalue weighted by Gasteiger charge is -2.32. The zero-order valence-corrected chi connectivity index (χ0v) is 16.3. The first-order chi connectivity index (χ1) is 12.6. The van der Waals surface area contributed by atoms with E-state index in [1.807, 2.05) is 29.2 Å². The molecule has 4 rings (SSSR count). The molecule has 140 valence electrons. The van der Waals surface area contributed by atoms with Crippen LogP contribution in [0.4, 0.5) is 5.69 Å². The zero-order chi connectivity index (χ0) is 18.1. The highest BCUT2D eigenvalue weighted by Gasteiger charge is 2.37. The topological polar surface area (TPSA) is 74.1 Å². The molecule has 1 aromatic carbocycles. The van der Waals surface area contributed by atoms with Crippen LogP contribution in [0, 0.1) is 0 Å². The van der Waals surface area contributed by atoms with Crippen LogP contribution in [0.3, 0.4) is 0 Å². The molecule has 0 bridgehead atoms. The molecule has 0 aromatic heterocycles. The summed E-state index contributed by atoms with van der Waals surface area (Å²) in [4.78, 5) is 12.4.